The van der Waals surface area contributed by atoms with E-state index in [4.69, 9.17) is 19.2 Å². The standard InChI is InChI=1S/C31H26N4O4S/c1-3-38-30(37)22-14-12-21(13-15-22)25-16-17-26(39-25)28-32-24-7-5-4-6-23(24)27-29(36)33-31(34-35(27)28)40-18-20-10-8-19(2)9-11-20/h4-17,28H,3,18H2,1-2H3,(H,33,34,36). The molecule has 1 aromatic heterocycles. The van der Waals surface area contributed by atoms with Gasteiger partial charge in [-0.1, -0.05) is 71.9 Å². The molecule has 9 heteroatoms. The number of carbonyl (C=O) groups is 2. The van der Waals surface area contributed by atoms with Crippen LogP contribution in [0.5, 0.6) is 0 Å². The second-order valence-electron chi connectivity index (χ2n) is 9.35. The highest BCUT2D eigenvalue weighted by Gasteiger charge is 2.36. The molecule has 40 heavy (non-hydrogen) atoms. The van der Waals surface area contributed by atoms with Gasteiger partial charge in [-0.15, -0.1) is 5.10 Å². The predicted molar refractivity (Wildman–Crippen MR) is 153 cm³/mol. The van der Waals surface area contributed by atoms with E-state index in [9.17, 15) is 9.59 Å². The Hall–Kier alpha value is -4.63. The Labute approximate surface area is 235 Å². The molecule has 2 aliphatic heterocycles. The molecular formula is C31H26N4O4S. The summed E-state index contributed by atoms with van der Waals surface area (Å²) in [4.78, 5) is 30.3. The lowest BCUT2D eigenvalue weighted by molar-refractivity contribution is -0.116. The van der Waals surface area contributed by atoms with Gasteiger partial charge in [0.25, 0.3) is 5.91 Å². The number of esters is 1. The van der Waals surface area contributed by atoms with Gasteiger partial charge in [0.15, 0.2) is 10.9 Å². The maximum absolute atomic E-state index is 13.4. The fourth-order valence-corrected chi connectivity index (χ4v) is 5.35. The Morgan fingerprint density at radius 2 is 1.80 bits per heavy atom. The normalized spacial score (nSPS) is 15.9. The molecule has 6 rings (SSSR count). The summed E-state index contributed by atoms with van der Waals surface area (Å²) < 4.78 is 11.3. The molecule has 3 heterocycles. The molecule has 0 bridgehead atoms. The molecule has 2 aliphatic rings. The minimum Gasteiger partial charge on any atom is -0.462 e. The Morgan fingerprint density at radius 3 is 2.58 bits per heavy atom. The van der Waals surface area contributed by atoms with E-state index in [2.05, 4.69) is 36.5 Å². The summed E-state index contributed by atoms with van der Waals surface area (Å²) in [5.74, 6) is 1.20. The van der Waals surface area contributed by atoms with E-state index in [0.29, 0.717) is 50.9 Å². The van der Waals surface area contributed by atoms with Crippen LogP contribution in [-0.4, -0.2) is 28.7 Å². The summed E-state index contributed by atoms with van der Waals surface area (Å²) in [6.07, 6.45) is -0.668. The summed E-state index contributed by atoms with van der Waals surface area (Å²) in [5.41, 5.74) is 4.03. The monoisotopic (exact) mass is 550 g/mol. The zero-order chi connectivity index (χ0) is 27.6. The highest BCUT2D eigenvalue weighted by Crippen LogP contribution is 2.34. The van der Waals surface area contributed by atoms with Crippen molar-refractivity contribution in [2.75, 3.05) is 6.61 Å². The molecule has 1 N–H and O–H groups in total. The highest BCUT2D eigenvalue weighted by molar-refractivity contribution is 8.13. The number of fused-ring (bicyclic) bond motifs is 2. The number of thioether (sulfide) groups is 1. The first-order chi connectivity index (χ1) is 19.5. The van der Waals surface area contributed by atoms with Crippen LogP contribution in [0.15, 0.2) is 99.4 Å². The number of nitrogens with zero attached hydrogens (tertiary/aromatic N) is 3. The summed E-state index contributed by atoms with van der Waals surface area (Å²) in [7, 11) is 0. The Bertz CT molecular complexity index is 1740. The second kappa shape index (κ2) is 10.9. The molecule has 3 aromatic carbocycles. The van der Waals surface area contributed by atoms with Crippen LogP contribution in [0.3, 0.4) is 0 Å². The first-order valence-electron chi connectivity index (χ1n) is 12.9. The molecule has 1 amide bonds. The van der Waals surface area contributed by atoms with Gasteiger partial charge in [0.2, 0.25) is 6.17 Å². The topological polar surface area (TPSA) is 96.5 Å². The number of carbonyl (C=O) groups excluding carboxylic acids is 2. The number of hydrogen-bond donors (Lipinski definition) is 1. The van der Waals surface area contributed by atoms with Gasteiger partial charge >= 0.3 is 5.97 Å². The third-order valence-corrected chi connectivity index (χ3v) is 7.51. The number of aryl methyl sites for hydroxylation is 1. The molecule has 0 fully saturated rings. The molecule has 1 unspecified atom stereocenters. The number of hydrazone groups is 1. The SMILES string of the molecule is CCOC(=O)c1ccc(-c2ccc(C3N=c4ccccc4=C4C(=O)NC(SCc5ccc(C)cc5)=NN43)o2)cc1. The molecule has 200 valence electrons. The molecule has 0 radical (unpaired) electrons. The van der Waals surface area contributed by atoms with E-state index in [1.165, 1.54) is 17.3 Å². The number of hydrogen-bond acceptors (Lipinski definition) is 8. The fraction of sp³-hybridized carbons (Fsp3) is 0.161. The van der Waals surface area contributed by atoms with E-state index in [1.807, 2.05) is 48.5 Å². The van der Waals surface area contributed by atoms with Crippen molar-refractivity contribution in [3.05, 3.63) is 118 Å². The summed E-state index contributed by atoms with van der Waals surface area (Å²) in [6.45, 7) is 4.14. The summed E-state index contributed by atoms with van der Waals surface area (Å²) >= 11 is 1.46. The Morgan fingerprint density at radius 1 is 1.02 bits per heavy atom. The number of amidine groups is 1. The number of ether oxygens (including phenoxy) is 1. The van der Waals surface area contributed by atoms with Gasteiger partial charge in [-0.3, -0.25) is 10.1 Å². The van der Waals surface area contributed by atoms with E-state index in [-0.39, 0.29) is 11.9 Å². The summed E-state index contributed by atoms with van der Waals surface area (Å²) in [5, 5.41) is 11.3. The zero-order valence-corrected chi connectivity index (χ0v) is 22.8. The van der Waals surface area contributed by atoms with E-state index < -0.39 is 6.17 Å². The first-order valence-corrected chi connectivity index (χ1v) is 13.9. The van der Waals surface area contributed by atoms with Crippen molar-refractivity contribution >= 4 is 34.5 Å². The van der Waals surface area contributed by atoms with Crippen molar-refractivity contribution in [1.82, 2.24) is 10.3 Å². The van der Waals surface area contributed by atoms with Crippen LogP contribution >= 0.6 is 11.8 Å². The van der Waals surface area contributed by atoms with Crippen LogP contribution in [0.25, 0.3) is 17.0 Å². The molecule has 0 spiro atoms. The molecule has 4 aromatic rings. The van der Waals surface area contributed by atoms with Gasteiger partial charge in [-0.2, -0.15) is 0 Å². The molecule has 0 saturated heterocycles. The van der Waals surface area contributed by atoms with E-state index in [0.717, 1.165) is 11.1 Å². The van der Waals surface area contributed by atoms with Crippen LogP contribution in [0, 0.1) is 6.92 Å². The first kappa shape index (κ1) is 25.6. The maximum Gasteiger partial charge on any atom is 0.338 e. The molecule has 1 atom stereocenters. The number of furan rings is 1. The van der Waals surface area contributed by atoms with Gasteiger partial charge in [0.1, 0.15) is 11.5 Å². The maximum atomic E-state index is 13.4. The van der Waals surface area contributed by atoms with Gasteiger partial charge in [-0.25, -0.2) is 14.8 Å². The van der Waals surface area contributed by atoms with Gasteiger partial charge in [0.05, 0.1) is 17.5 Å². The Balaban J connectivity index is 1.33. The largest absolute Gasteiger partial charge is 0.462 e. The number of nitrogens with one attached hydrogen (secondary N) is 1. The number of amides is 1. The zero-order valence-electron chi connectivity index (χ0n) is 22.0. The molecule has 8 nitrogen and oxygen atoms in total. The Kier molecular flexibility index (Phi) is 6.96. The van der Waals surface area contributed by atoms with Gasteiger partial charge in [0, 0.05) is 16.5 Å². The van der Waals surface area contributed by atoms with Crippen LogP contribution in [0.2, 0.25) is 0 Å². The third-order valence-electron chi connectivity index (χ3n) is 6.57. The minimum absolute atomic E-state index is 0.241. The lowest BCUT2D eigenvalue weighted by Gasteiger charge is -2.32. The van der Waals surface area contributed by atoms with Gasteiger partial charge < -0.3 is 9.15 Å². The van der Waals surface area contributed by atoms with Crippen molar-refractivity contribution in [2.45, 2.75) is 25.8 Å². The third kappa shape index (κ3) is 5.03. The van der Waals surface area contributed by atoms with Crippen LogP contribution in [0.4, 0.5) is 0 Å². The van der Waals surface area contributed by atoms with Crippen molar-refractivity contribution < 1.29 is 18.7 Å². The van der Waals surface area contributed by atoms with E-state index >= 15 is 0 Å². The number of rotatable bonds is 6. The average molecular weight is 551 g/mol. The number of benzene rings is 3. The van der Waals surface area contributed by atoms with Crippen molar-refractivity contribution in [3.8, 4) is 11.3 Å². The van der Waals surface area contributed by atoms with Crippen molar-refractivity contribution in [2.24, 2.45) is 10.1 Å². The van der Waals surface area contributed by atoms with Gasteiger partial charge in [-0.05, 0) is 49.7 Å². The highest BCUT2D eigenvalue weighted by atomic mass is 32.2. The van der Waals surface area contributed by atoms with Crippen LogP contribution in [0.1, 0.15) is 40.3 Å². The number of para-hydroxylation sites is 1. The molecule has 0 aliphatic carbocycles. The lowest BCUT2D eigenvalue weighted by Crippen LogP contribution is -2.50. The molecular weight excluding hydrogens is 524 g/mol. The second-order valence-corrected chi connectivity index (χ2v) is 10.3. The predicted octanol–water partition coefficient (Wildman–Crippen LogP) is 4.51. The van der Waals surface area contributed by atoms with Crippen molar-refractivity contribution in [3.63, 3.8) is 0 Å². The van der Waals surface area contributed by atoms with E-state index in [1.54, 1.807) is 24.1 Å². The minimum atomic E-state index is -0.668. The average Bonchev–Trinajstić information content (AvgIpc) is 3.47. The van der Waals surface area contributed by atoms with Crippen molar-refractivity contribution in [1.29, 1.82) is 0 Å². The quantitative estimate of drug-likeness (QED) is 0.355. The van der Waals surface area contributed by atoms with Crippen LogP contribution < -0.4 is 15.9 Å². The van der Waals surface area contributed by atoms with Crippen LogP contribution in [-0.2, 0) is 15.3 Å². The summed E-state index contributed by atoms with van der Waals surface area (Å²) in [6, 6.07) is 26.5. The molecule has 0 saturated carbocycles. The lowest BCUT2D eigenvalue weighted by atomic mass is 10.1. The fourth-order valence-electron chi connectivity index (χ4n) is 4.55. The smallest absolute Gasteiger partial charge is 0.338 e.